The maximum absolute atomic E-state index is 12.7. The van der Waals surface area contributed by atoms with Crippen LogP contribution in [0, 0.1) is 0 Å². The Kier molecular flexibility index (Phi) is 4.03. The van der Waals surface area contributed by atoms with Crippen LogP contribution in [-0.2, 0) is 17.4 Å². The Bertz CT molecular complexity index is 443. The molecule has 0 aliphatic heterocycles. The van der Waals surface area contributed by atoms with Crippen molar-refractivity contribution in [2.45, 2.75) is 12.6 Å². The molecule has 7 heteroatoms. The summed E-state index contributed by atoms with van der Waals surface area (Å²) in [5.41, 5.74) is -0.942. The zero-order valence-electron chi connectivity index (χ0n) is 8.64. The lowest BCUT2D eigenvalue weighted by Gasteiger charge is -2.14. The Morgan fingerprint density at radius 1 is 1.47 bits per heavy atom. The Labute approximate surface area is 103 Å². The molecule has 0 radical (unpaired) electrons. The molecule has 0 aromatic heterocycles. The fraction of sp³-hybridized carbons (Fsp3) is 0.300. The lowest BCUT2D eigenvalue weighted by atomic mass is 10.1. The number of carboxylic acids is 1. The summed E-state index contributed by atoms with van der Waals surface area (Å²) in [6.07, 6.45) is -5.08. The number of methoxy groups -OCH3 is 1. The van der Waals surface area contributed by atoms with Gasteiger partial charge < -0.3 is 9.84 Å². The van der Waals surface area contributed by atoms with Gasteiger partial charge in [0.25, 0.3) is 0 Å². The van der Waals surface area contributed by atoms with Crippen LogP contribution in [0.25, 0.3) is 0 Å². The van der Waals surface area contributed by atoms with E-state index in [0.717, 1.165) is 13.2 Å². The zero-order chi connectivity index (χ0) is 13.2. The number of rotatable bonds is 3. The maximum Gasteiger partial charge on any atom is 0.420 e. The Morgan fingerprint density at radius 2 is 2.06 bits per heavy atom. The van der Waals surface area contributed by atoms with Crippen molar-refractivity contribution in [1.29, 1.82) is 0 Å². The fourth-order valence-electron chi connectivity index (χ4n) is 1.34. The van der Waals surface area contributed by atoms with E-state index in [1.807, 2.05) is 0 Å². The molecule has 1 aromatic carbocycles. The van der Waals surface area contributed by atoms with Gasteiger partial charge in [0.2, 0.25) is 0 Å². The smallest absolute Gasteiger partial charge is 0.420 e. The first-order chi connectivity index (χ1) is 7.75. The molecule has 3 nitrogen and oxygen atoms in total. The summed E-state index contributed by atoms with van der Waals surface area (Å²) >= 11 is 2.92. The number of hydrogen-bond donors (Lipinski definition) is 1. The average molecular weight is 313 g/mol. The van der Waals surface area contributed by atoms with Gasteiger partial charge in [-0.25, -0.2) is 0 Å². The van der Waals surface area contributed by atoms with Crippen molar-refractivity contribution in [2.75, 3.05) is 7.11 Å². The number of hydrogen-bond acceptors (Lipinski definition) is 2. The minimum atomic E-state index is -4.59. The number of halogens is 4. The predicted octanol–water partition coefficient (Wildman–Crippen LogP) is 3.10. The number of alkyl halides is 3. The first-order valence-electron chi connectivity index (χ1n) is 4.41. The van der Waals surface area contributed by atoms with Crippen LogP contribution in [0.4, 0.5) is 13.2 Å². The standard InChI is InChI=1S/C10H8BrF3O3/c1-17-9-6(10(12,13)14)2-5(3-7(9)11)4-8(15)16/h2-3H,4H2,1H3,(H,15,16). The third kappa shape index (κ3) is 3.36. The summed E-state index contributed by atoms with van der Waals surface area (Å²) in [5.74, 6) is -1.55. The molecule has 1 N–H and O–H groups in total. The van der Waals surface area contributed by atoms with E-state index in [1.165, 1.54) is 6.07 Å². The molecule has 94 valence electrons. The molecule has 0 aliphatic carbocycles. The predicted molar refractivity (Wildman–Crippen MR) is 57.0 cm³/mol. The lowest BCUT2D eigenvalue weighted by molar-refractivity contribution is -0.139. The summed E-state index contributed by atoms with van der Waals surface area (Å²) in [7, 11) is 1.12. The van der Waals surface area contributed by atoms with Crippen molar-refractivity contribution in [3.05, 3.63) is 27.7 Å². The van der Waals surface area contributed by atoms with Gasteiger partial charge in [-0.1, -0.05) is 0 Å². The number of aliphatic carboxylic acids is 1. The molecular formula is C10H8BrF3O3. The second-order valence-corrected chi connectivity index (χ2v) is 4.08. The summed E-state index contributed by atoms with van der Waals surface area (Å²) in [6, 6.07) is 2.07. The van der Waals surface area contributed by atoms with E-state index < -0.39 is 24.1 Å². The van der Waals surface area contributed by atoms with E-state index >= 15 is 0 Å². The van der Waals surface area contributed by atoms with Crippen LogP contribution in [0.2, 0.25) is 0 Å². The molecular weight excluding hydrogens is 305 g/mol. The molecule has 0 saturated heterocycles. The van der Waals surface area contributed by atoms with Crippen LogP contribution >= 0.6 is 15.9 Å². The van der Waals surface area contributed by atoms with Gasteiger partial charge in [-0.15, -0.1) is 0 Å². The molecule has 0 saturated carbocycles. The van der Waals surface area contributed by atoms with Crippen molar-refractivity contribution in [3.8, 4) is 5.75 Å². The van der Waals surface area contributed by atoms with E-state index in [0.29, 0.717) is 0 Å². The van der Waals surface area contributed by atoms with Gasteiger partial charge in [-0.3, -0.25) is 4.79 Å². The molecule has 0 amide bonds. The topological polar surface area (TPSA) is 46.5 Å². The Balaban J connectivity index is 3.34. The number of benzene rings is 1. The van der Waals surface area contributed by atoms with Gasteiger partial charge in [0.1, 0.15) is 5.75 Å². The van der Waals surface area contributed by atoms with Crippen LogP contribution in [0.3, 0.4) is 0 Å². The largest absolute Gasteiger partial charge is 0.495 e. The molecule has 0 aliphatic rings. The second-order valence-electron chi connectivity index (χ2n) is 3.23. The quantitative estimate of drug-likeness (QED) is 0.933. The molecule has 0 fully saturated rings. The summed E-state index contributed by atoms with van der Waals surface area (Å²) in [6.45, 7) is 0. The van der Waals surface area contributed by atoms with Gasteiger partial charge in [0.15, 0.2) is 0 Å². The summed E-state index contributed by atoms with van der Waals surface area (Å²) in [4.78, 5) is 10.5. The van der Waals surface area contributed by atoms with Crippen LogP contribution < -0.4 is 4.74 Å². The van der Waals surface area contributed by atoms with Gasteiger partial charge >= 0.3 is 12.1 Å². The number of carboxylic acid groups (broad SMARTS) is 1. The van der Waals surface area contributed by atoms with Crippen molar-refractivity contribution >= 4 is 21.9 Å². The SMILES string of the molecule is COc1c(Br)cc(CC(=O)O)cc1C(F)(F)F. The highest BCUT2D eigenvalue weighted by Crippen LogP contribution is 2.41. The lowest BCUT2D eigenvalue weighted by Crippen LogP contribution is -2.10. The summed E-state index contributed by atoms with van der Waals surface area (Å²) < 4.78 is 42.8. The van der Waals surface area contributed by atoms with Crippen molar-refractivity contribution < 1.29 is 27.8 Å². The first-order valence-corrected chi connectivity index (χ1v) is 5.20. The molecule has 0 unspecified atom stereocenters. The molecule has 17 heavy (non-hydrogen) atoms. The van der Waals surface area contributed by atoms with E-state index in [9.17, 15) is 18.0 Å². The molecule has 0 heterocycles. The van der Waals surface area contributed by atoms with Crippen molar-refractivity contribution in [1.82, 2.24) is 0 Å². The van der Waals surface area contributed by atoms with Gasteiger partial charge in [-0.05, 0) is 33.6 Å². The van der Waals surface area contributed by atoms with Crippen LogP contribution in [0.5, 0.6) is 5.75 Å². The number of carbonyl (C=O) groups is 1. The third-order valence-corrected chi connectivity index (χ3v) is 2.56. The van der Waals surface area contributed by atoms with E-state index in [4.69, 9.17) is 5.11 Å². The highest BCUT2D eigenvalue weighted by molar-refractivity contribution is 9.10. The highest BCUT2D eigenvalue weighted by Gasteiger charge is 2.35. The molecule has 1 aromatic rings. The van der Waals surface area contributed by atoms with Gasteiger partial charge in [0.05, 0.1) is 23.6 Å². The normalized spacial score (nSPS) is 11.4. The monoisotopic (exact) mass is 312 g/mol. The van der Waals surface area contributed by atoms with Crippen LogP contribution in [-0.4, -0.2) is 18.2 Å². The Hall–Kier alpha value is -1.24. The molecule has 1 rings (SSSR count). The third-order valence-electron chi connectivity index (χ3n) is 1.97. The highest BCUT2D eigenvalue weighted by atomic mass is 79.9. The van der Waals surface area contributed by atoms with Crippen molar-refractivity contribution in [3.63, 3.8) is 0 Å². The van der Waals surface area contributed by atoms with Crippen LogP contribution in [0.15, 0.2) is 16.6 Å². The second kappa shape index (κ2) is 4.95. The molecule has 0 spiro atoms. The average Bonchev–Trinajstić information content (AvgIpc) is 2.14. The van der Waals surface area contributed by atoms with Gasteiger partial charge in [0, 0.05) is 0 Å². The minimum absolute atomic E-state index is 0.0532. The van der Waals surface area contributed by atoms with E-state index in [-0.39, 0.29) is 15.8 Å². The molecule has 0 bridgehead atoms. The van der Waals surface area contributed by atoms with Crippen LogP contribution in [0.1, 0.15) is 11.1 Å². The maximum atomic E-state index is 12.7. The van der Waals surface area contributed by atoms with E-state index in [2.05, 4.69) is 20.7 Å². The van der Waals surface area contributed by atoms with Gasteiger partial charge in [-0.2, -0.15) is 13.2 Å². The molecule has 0 atom stereocenters. The van der Waals surface area contributed by atoms with E-state index in [1.54, 1.807) is 0 Å². The minimum Gasteiger partial charge on any atom is -0.495 e. The van der Waals surface area contributed by atoms with Crippen molar-refractivity contribution in [2.24, 2.45) is 0 Å². The fourth-order valence-corrected chi connectivity index (χ4v) is 2.01. The summed E-state index contributed by atoms with van der Waals surface area (Å²) in [5, 5.41) is 8.55. The Morgan fingerprint density at radius 3 is 2.47 bits per heavy atom. The first kappa shape index (κ1) is 13.8. The number of ether oxygens (including phenoxy) is 1. The zero-order valence-corrected chi connectivity index (χ0v) is 10.2.